The quantitative estimate of drug-likeness (QED) is 0.708. The van der Waals surface area contributed by atoms with Crippen molar-refractivity contribution >= 4 is 33.4 Å². The summed E-state index contributed by atoms with van der Waals surface area (Å²) in [6.45, 7) is 0. The third-order valence-electron chi connectivity index (χ3n) is 2.97. The lowest BCUT2D eigenvalue weighted by Gasteiger charge is -2.03. The molecule has 3 rings (SSSR count). The summed E-state index contributed by atoms with van der Waals surface area (Å²) in [6.07, 6.45) is 0. The van der Waals surface area contributed by atoms with Crippen molar-refractivity contribution in [1.82, 2.24) is 5.16 Å². The van der Waals surface area contributed by atoms with Crippen LogP contribution in [0.1, 0.15) is 0 Å². The molecule has 3 aromatic rings. The molecule has 20 heavy (non-hydrogen) atoms. The first-order valence-electron chi connectivity index (χ1n) is 5.92. The maximum absolute atomic E-state index is 5.91. The molecular weight excluding hydrogens is 340 g/mol. The van der Waals surface area contributed by atoms with Crippen molar-refractivity contribution in [1.29, 1.82) is 0 Å². The summed E-state index contributed by atoms with van der Waals surface area (Å²) < 4.78 is 6.15. The Morgan fingerprint density at radius 2 is 1.55 bits per heavy atom. The second-order valence-corrected chi connectivity index (χ2v) is 5.64. The highest BCUT2D eigenvalue weighted by molar-refractivity contribution is 9.10. The molecule has 2 N–H and O–H groups in total. The molecule has 0 saturated heterocycles. The van der Waals surface area contributed by atoms with Gasteiger partial charge in [0.25, 0.3) is 0 Å². The van der Waals surface area contributed by atoms with Gasteiger partial charge >= 0.3 is 0 Å². The van der Waals surface area contributed by atoms with Crippen LogP contribution in [0.25, 0.3) is 22.4 Å². The zero-order chi connectivity index (χ0) is 14.1. The van der Waals surface area contributed by atoms with Gasteiger partial charge in [-0.25, -0.2) is 0 Å². The number of aromatic nitrogens is 1. The fraction of sp³-hybridized carbons (Fsp3) is 0. The molecule has 0 radical (unpaired) electrons. The van der Waals surface area contributed by atoms with Gasteiger partial charge < -0.3 is 10.3 Å². The molecule has 0 spiro atoms. The Hall–Kier alpha value is -1.78. The van der Waals surface area contributed by atoms with Gasteiger partial charge in [0.1, 0.15) is 5.69 Å². The Morgan fingerprint density at radius 3 is 2.20 bits per heavy atom. The molecule has 2 aromatic carbocycles. The molecule has 0 atom stereocenters. The molecule has 0 saturated carbocycles. The second-order valence-electron chi connectivity index (χ2n) is 4.28. The van der Waals surface area contributed by atoms with Crippen LogP contribution < -0.4 is 5.73 Å². The second kappa shape index (κ2) is 5.31. The van der Waals surface area contributed by atoms with Crippen molar-refractivity contribution in [2.75, 3.05) is 5.73 Å². The number of halogens is 2. The van der Waals surface area contributed by atoms with Gasteiger partial charge in [-0.15, -0.1) is 0 Å². The van der Waals surface area contributed by atoms with E-state index in [2.05, 4.69) is 21.1 Å². The van der Waals surface area contributed by atoms with Crippen LogP contribution in [-0.2, 0) is 0 Å². The molecule has 0 bridgehead atoms. The summed E-state index contributed by atoms with van der Waals surface area (Å²) in [6, 6.07) is 15.2. The molecule has 1 heterocycles. The van der Waals surface area contributed by atoms with Crippen LogP contribution in [-0.4, -0.2) is 5.16 Å². The van der Waals surface area contributed by atoms with Gasteiger partial charge in [0.15, 0.2) is 0 Å². The Morgan fingerprint density at radius 1 is 0.950 bits per heavy atom. The molecule has 0 amide bonds. The van der Waals surface area contributed by atoms with Crippen molar-refractivity contribution in [2.24, 2.45) is 0 Å². The molecule has 1 aromatic heterocycles. The third-order valence-corrected chi connectivity index (χ3v) is 3.75. The minimum Gasteiger partial charge on any atom is -0.367 e. The van der Waals surface area contributed by atoms with E-state index in [4.69, 9.17) is 21.9 Å². The molecule has 0 aliphatic carbocycles. The zero-order valence-electron chi connectivity index (χ0n) is 10.3. The van der Waals surface area contributed by atoms with Gasteiger partial charge in [-0.1, -0.05) is 57.0 Å². The molecule has 3 nitrogen and oxygen atoms in total. The SMILES string of the molecule is Nc1onc(-c2ccc(Cl)cc2)c1-c1ccc(Br)cc1. The molecule has 0 aliphatic rings. The average Bonchev–Trinajstić information content (AvgIpc) is 2.83. The summed E-state index contributed by atoms with van der Waals surface area (Å²) in [5.74, 6) is 0.303. The monoisotopic (exact) mass is 348 g/mol. The molecule has 0 aliphatic heterocycles. The standard InChI is InChI=1S/C15H10BrClN2O/c16-11-5-1-9(2-6-11)13-14(19-20-15(13)18)10-3-7-12(17)8-4-10/h1-8H,18H2. The largest absolute Gasteiger partial charge is 0.367 e. The number of hydrogen-bond donors (Lipinski definition) is 1. The average molecular weight is 350 g/mol. The number of nitrogen functional groups attached to an aromatic ring is 1. The smallest absolute Gasteiger partial charge is 0.230 e. The van der Waals surface area contributed by atoms with E-state index in [0.717, 1.165) is 21.2 Å². The van der Waals surface area contributed by atoms with Crippen LogP contribution >= 0.6 is 27.5 Å². The van der Waals surface area contributed by atoms with Crippen LogP contribution in [0.5, 0.6) is 0 Å². The van der Waals surface area contributed by atoms with Crippen LogP contribution in [0, 0.1) is 0 Å². The van der Waals surface area contributed by atoms with Gasteiger partial charge in [0.05, 0.1) is 5.56 Å². The number of anilines is 1. The van der Waals surface area contributed by atoms with Crippen LogP contribution in [0.2, 0.25) is 5.02 Å². The summed E-state index contributed by atoms with van der Waals surface area (Å²) >= 11 is 9.32. The van der Waals surface area contributed by atoms with Crippen molar-refractivity contribution < 1.29 is 4.52 Å². The van der Waals surface area contributed by atoms with E-state index in [1.807, 2.05) is 48.5 Å². The van der Waals surface area contributed by atoms with Gasteiger partial charge in [0, 0.05) is 15.1 Å². The van der Waals surface area contributed by atoms with Crippen LogP contribution in [0.3, 0.4) is 0 Å². The van der Waals surface area contributed by atoms with Crippen molar-refractivity contribution in [3.63, 3.8) is 0 Å². The normalized spacial score (nSPS) is 10.7. The van der Waals surface area contributed by atoms with Crippen LogP contribution in [0.4, 0.5) is 5.88 Å². The number of hydrogen-bond acceptors (Lipinski definition) is 3. The summed E-state index contributed by atoms with van der Waals surface area (Å²) in [5, 5.41) is 4.74. The summed E-state index contributed by atoms with van der Waals surface area (Å²) in [4.78, 5) is 0. The number of nitrogens with two attached hydrogens (primary N) is 1. The van der Waals surface area contributed by atoms with Gasteiger partial charge in [-0.05, 0) is 29.8 Å². The fourth-order valence-corrected chi connectivity index (χ4v) is 2.39. The molecule has 5 heteroatoms. The minimum atomic E-state index is 0.303. The van der Waals surface area contributed by atoms with E-state index in [-0.39, 0.29) is 0 Å². The highest BCUT2D eigenvalue weighted by Crippen LogP contribution is 2.36. The van der Waals surface area contributed by atoms with Gasteiger partial charge in [0.2, 0.25) is 5.88 Å². The Kier molecular flexibility index (Phi) is 3.51. The highest BCUT2D eigenvalue weighted by atomic mass is 79.9. The van der Waals surface area contributed by atoms with Gasteiger partial charge in [-0.2, -0.15) is 0 Å². The maximum atomic E-state index is 5.91. The van der Waals surface area contributed by atoms with Gasteiger partial charge in [-0.3, -0.25) is 0 Å². The minimum absolute atomic E-state index is 0.303. The highest BCUT2D eigenvalue weighted by Gasteiger charge is 2.17. The lowest BCUT2D eigenvalue weighted by atomic mass is 10.0. The Bertz CT molecular complexity index is 736. The first kappa shape index (κ1) is 13.2. The molecule has 0 unspecified atom stereocenters. The van der Waals surface area contributed by atoms with E-state index in [9.17, 15) is 0 Å². The van der Waals surface area contributed by atoms with E-state index >= 15 is 0 Å². The lowest BCUT2D eigenvalue weighted by molar-refractivity contribution is 0.439. The number of benzene rings is 2. The Balaban J connectivity index is 2.14. The summed E-state index contributed by atoms with van der Waals surface area (Å²) in [5.41, 5.74) is 9.28. The predicted molar refractivity (Wildman–Crippen MR) is 84.5 cm³/mol. The van der Waals surface area contributed by atoms with Crippen molar-refractivity contribution in [3.8, 4) is 22.4 Å². The molecule has 0 fully saturated rings. The predicted octanol–water partition coefficient (Wildman–Crippen LogP) is 5.01. The van der Waals surface area contributed by atoms with E-state index in [1.165, 1.54) is 0 Å². The Labute approximate surface area is 129 Å². The van der Waals surface area contributed by atoms with Crippen molar-refractivity contribution in [2.45, 2.75) is 0 Å². The van der Waals surface area contributed by atoms with E-state index in [1.54, 1.807) is 0 Å². The fourth-order valence-electron chi connectivity index (χ4n) is 2.00. The maximum Gasteiger partial charge on any atom is 0.230 e. The van der Waals surface area contributed by atoms with Crippen LogP contribution in [0.15, 0.2) is 57.5 Å². The summed E-state index contributed by atoms with van der Waals surface area (Å²) in [7, 11) is 0. The number of rotatable bonds is 2. The topological polar surface area (TPSA) is 52.0 Å². The molecule has 100 valence electrons. The lowest BCUT2D eigenvalue weighted by Crippen LogP contribution is -1.87. The van der Waals surface area contributed by atoms with E-state index < -0.39 is 0 Å². The first-order valence-corrected chi connectivity index (χ1v) is 7.09. The number of nitrogens with zero attached hydrogens (tertiary/aromatic N) is 1. The van der Waals surface area contributed by atoms with E-state index in [0.29, 0.717) is 16.6 Å². The van der Waals surface area contributed by atoms with Crippen molar-refractivity contribution in [3.05, 3.63) is 58.0 Å². The first-order chi connectivity index (χ1) is 9.65. The molecular formula is C15H10BrClN2O. The zero-order valence-corrected chi connectivity index (χ0v) is 12.6. The third kappa shape index (κ3) is 2.44.